The average molecular weight is 380 g/mol. The summed E-state index contributed by atoms with van der Waals surface area (Å²) >= 11 is 14.0. The van der Waals surface area contributed by atoms with Gasteiger partial charge in [0.25, 0.3) is 0 Å². The quantitative estimate of drug-likeness (QED) is 0.560. The molecule has 88 valence electrons. The number of pyridine rings is 1. The summed E-state index contributed by atoms with van der Waals surface area (Å²) in [6.07, 6.45) is 1.66. The number of hydrogen-bond donors (Lipinski definition) is 0. The zero-order valence-electron chi connectivity index (χ0n) is 8.66. The maximum absolute atomic E-state index is 6.06. The number of para-hydroxylation sites is 1. The Morgan fingerprint density at radius 1 is 1.29 bits per heavy atom. The van der Waals surface area contributed by atoms with E-state index >= 15 is 0 Å². The number of rotatable bonds is 3. The Kier molecular flexibility index (Phi) is 4.48. The molecule has 0 saturated carbocycles. The van der Waals surface area contributed by atoms with E-state index in [0.29, 0.717) is 16.8 Å². The van der Waals surface area contributed by atoms with Gasteiger partial charge in [-0.3, -0.25) is 0 Å². The van der Waals surface area contributed by atoms with Crippen LogP contribution in [0, 0.1) is 3.57 Å². The maximum Gasteiger partial charge on any atom is 0.238 e. The lowest BCUT2D eigenvalue weighted by Crippen LogP contribution is -1.92. The number of hydrogen-bond acceptors (Lipinski definition) is 2. The highest BCUT2D eigenvalue weighted by molar-refractivity contribution is 14.1. The molecular weight excluding hydrogens is 372 g/mol. The third-order valence-electron chi connectivity index (χ3n) is 2.06. The van der Waals surface area contributed by atoms with Crippen LogP contribution in [0.1, 0.15) is 5.56 Å². The van der Waals surface area contributed by atoms with Crippen molar-refractivity contribution in [3.05, 3.63) is 50.7 Å². The van der Waals surface area contributed by atoms with Crippen LogP contribution in [0.4, 0.5) is 0 Å². The molecule has 1 heterocycles. The fourth-order valence-electron chi connectivity index (χ4n) is 1.24. The summed E-state index contributed by atoms with van der Waals surface area (Å²) < 4.78 is 6.65. The van der Waals surface area contributed by atoms with E-state index in [4.69, 9.17) is 27.9 Å². The lowest BCUT2D eigenvalue weighted by atomic mass is 10.3. The molecule has 17 heavy (non-hydrogen) atoms. The third-order valence-corrected chi connectivity index (χ3v) is 3.53. The van der Waals surface area contributed by atoms with Crippen LogP contribution in [-0.2, 0) is 5.88 Å². The second-order valence-corrected chi connectivity index (χ2v) is 5.13. The third kappa shape index (κ3) is 3.24. The standard InChI is InChI=1S/C12H8Cl2INO/c13-6-8-5-9(14)12(16-7-8)17-11-4-2-1-3-10(11)15/h1-5,7H,6H2. The zero-order chi connectivity index (χ0) is 12.3. The Bertz CT molecular complexity index is 534. The van der Waals surface area contributed by atoms with Crippen LogP contribution in [0.3, 0.4) is 0 Å². The van der Waals surface area contributed by atoms with Gasteiger partial charge in [-0.1, -0.05) is 23.7 Å². The van der Waals surface area contributed by atoms with Crippen LogP contribution in [0.2, 0.25) is 5.02 Å². The Balaban J connectivity index is 2.28. The van der Waals surface area contributed by atoms with Crippen LogP contribution < -0.4 is 4.74 Å². The average Bonchev–Trinajstić information content (AvgIpc) is 2.34. The first kappa shape index (κ1) is 12.9. The van der Waals surface area contributed by atoms with E-state index in [1.54, 1.807) is 12.3 Å². The molecule has 2 nitrogen and oxygen atoms in total. The summed E-state index contributed by atoms with van der Waals surface area (Å²) in [5.41, 5.74) is 0.867. The molecule has 2 aromatic rings. The fraction of sp³-hybridized carbons (Fsp3) is 0.0833. The minimum atomic E-state index is 0.385. The molecule has 0 N–H and O–H groups in total. The molecular formula is C12H8Cl2INO. The molecule has 0 unspecified atom stereocenters. The van der Waals surface area contributed by atoms with E-state index in [2.05, 4.69) is 27.6 Å². The van der Waals surface area contributed by atoms with Crippen molar-refractivity contribution in [2.45, 2.75) is 5.88 Å². The van der Waals surface area contributed by atoms with E-state index in [0.717, 1.165) is 14.9 Å². The number of nitrogens with zero attached hydrogens (tertiary/aromatic N) is 1. The summed E-state index contributed by atoms with van der Waals surface area (Å²) in [6, 6.07) is 9.43. The van der Waals surface area contributed by atoms with Crippen LogP contribution in [0.15, 0.2) is 36.5 Å². The number of alkyl halides is 1. The molecule has 5 heteroatoms. The molecule has 0 aliphatic rings. The first-order chi connectivity index (χ1) is 8.20. The van der Waals surface area contributed by atoms with Gasteiger partial charge in [-0.25, -0.2) is 4.98 Å². The molecule has 0 aliphatic carbocycles. The van der Waals surface area contributed by atoms with Gasteiger partial charge in [-0.05, 0) is 46.4 Å². The first-order valence-corrected chi connectivity index (χ1v) is 6.82. The van der Waals surface area contributed by atoms with Gasteiger partial charge < -0.3 is 4.74 Å². The van der Waals surface area contributed by atoms with Crippen LogP contribution in [-0.4, -0.2) is 4.98 Å². The second kappa shape index (κ2) is 5.89. The van der Waals surface area contributed by atoms with Gasteiger partial charge in [-0.15, -0.1) is 11.6 Å². The molecule has 1 aromatic carbocycles. The predicted octanol–water partition coefficient (Wildman–Crippen LogP) is 4.87. The molecule has 0 bridgehead atoms. The van der Waals surface area contributed by atoms with Crippen LogP contribution in [0.25, 0.3) is 0 Å². The SMILES string of the molecule is ClCc1cnc(Oc2ccccc2I)c(Cl)c1. The van der Waals surface area contributed by atoms with Crippen LogP contribution in [0.5, 0.6) is 11.6 Å². The molecule has 0 atom stereocenters. The maximum atomic E-state index is 6.06. The largest absolute Gasteiger partial charge is 0.436 e. The van der Waals surface area contributed by atoms with Crippen molar-refractivity contribution in [2.75, 3.05) is 0 Å². The molecule has 2 rings (SSSR count). The smallest absolute Gasteiger partial charge is 0.238 e. The topological polar surface area (TPSA) is 22.1 Å². The lowest BCUT2D eigenvalue weighted by Gasteiger charge is -2.08. The Labute approximate surface area is 123 Å². The second-order valence-electron chi connectivity index (χ2n) is 3.30. The molecule has 1 aromatic heterocycles. The van der Waals surface area contributed by atoms with E-state index < -0.39 is 0 Å². The van der Waals surface area contributed by atoms with Crippen molar-refractivity contribution in [1.29, 1.82) is 0 Å². The van der Waals surface area contributed by atoms with Gasteiger partial charge in [-0.2, -0.15) is 0 Å². The molecule has 0 aliphatic heterocycles. The van der Waals surface area contributed by atoms with Crippen molar-refractivity contribution in [2.24, 2.45) is 0 Å². The summed E-state index contributed by atoms with van der Waals surface area (Å²) in [6.45, 7) is 0. The molecule has 0 spiro atoms. The van der Waals surface area contributed by atoms with Gasteiger partial charge in [0.2, 0.25) is 5.88 Å². The Morgan fingerprint density at radius 2 is 2.06 bits per heavy atom. The monoisotopic (exact) mass is 379 g/mol. The van der Waals surface area contributed by atoms with Gasteiger partial charge in [0.1, 0.15) is 10.8 Å². The minimum absolute atomic E-state index is 0.385. The lowest BCUT2D eigenvalue weighted by molar-refractivity contribution is 0.460. The zero-order valence-corrected chi connectivity index (χ0v) is 12.3. The number of ether oxygens (including phenoxy) is 1. The summed E-state index contributed by atoms with van der Waals surface area (Å²) in [7, 11) is 0. The van der Waals surface area contributed by atoms with E-state index in [-0.39, 0.29) is 0 Å². The Hall–Kier alpha value is -0.520. The van der Waals surface area contributed by atoms with Gasteiger partial charge in [0.15, 0.2) is 0 Å². The van der Waals surface area contributed by atoms with Crippen molar-refractivity contribution in [3.8, 4) is 11.6 Å². The molecule has 0 amide bonds. The summed E-state index contributed by atoms with van der Waals surface area (Å²) in [5, 5.41) is 0.461. The van der Waals surface area contributed by atoms with Gasteiger partial charge >= 0.3 is 0 Å². The van der Waals surface area contributed by atoms with Gasteiger partial charge in [0.05, 0.1) is 3.57 Å². The van der Waals surface area contributed by atoms with Crippen molar-refractivity contribution >= 4 is 45.8 Å². The highest BCUT2D eigenvalue weighted by Crippen LogP contribution is 2.30. The number of aromatic nitrogens is 1. The van der Waals surface area contributed by atoms with Crippen molar-refractivity contribution in [1.82, 2.24) is 4.98 Å². The number of benzene rings is 1. The highest BCUT2D eigenvalue weighted by Gasteiger charge is 2.07. The number of halogens is 3. The van der Waals surface area contributed by atoms with Crippen molar-refractivity contribution < 1.29 is 4.74 Å². The molecule has 0 saturated heterocycles. The van der Waals surface area contributed by atoms with E-state index in [1.807, 2.05) is 24.3 Å². The van der Waals surface area contributed by atoms with Gasteiger partial charge in [0, 0.05) is 12.1 Å². The summed E-state index contributed by atoms with van der Waals surface area (Å²) in [4.78, 5) is 4.14. The highest BCUT2D eigenvalue weighted by atomic mass is 127. The van der Waals surface area contributed by atoms with E-state index in [1.165, 1.54) is 0 Å². The molecule has 0 radical (unpaired) electrons. The normalized spacial score (nSPS) is 10.3. The Morgan fingerprint density at radius 3 is 2.71 bits per heavy atom. The predicted molar refractivity (Wildman–Crippen MR) is 78.0 cm³/mol. The molecule has 0 fully saturated rings. The minimum Gasteiger partial charge on any atom is -0.436 e. The summed E-state index contributed by atoms with van der Waals surface area (Å²) in [5.74, 6) is 1.52. The first-order valence-electron chi connectivity index (χ1n) is 4.83. The van der Waals surface area contributed by atoms with E-state index in [9.17, 15) is 0 Å². The fourth-order valence-corrected chi connectivity index (χ4v) is 2.12. The van der Waals surface area contributed by atoms with Crippen LogP contribution >= 0.6 is 45.8 Å². The van der Waals surface area contributed by atoms with Crippen molar-refractivity contribution in [3.63, 3.8) is 0 Å².